The van der Waals surface area contributed by atoms with Crippen molar-refractivity contribution < 1.29 is 19.4 Å². The fraction of sp³-hybridized carbons (Fsp3) is 0.235. The van der Waals surface area contributed by atoms with Crippen LogP contribution in [0.15, 0.2) is 29.1 Å². The monoisotopic (exact) mass is 345 g/mol. The number of pyridine rings is 1. The van der Waals surface area contributed by atoms with Gasteiger partial charge in [-0.05, 0) is 17.7 Å². The minimum atomic E-state index is -0.859. The van der Waals surface area contributed by atoms with Crippen LogP contribution in [0.25, 0.3) is 0 Å². The Bertz CT molecular complexity index is 856. The van der Waals surface area contributed by atoms with Crippen molar-refractivity contribution in [3.05, 3.63) is 51.4 Å². The van der Waals surface area contributed by atoms with Gasteiger partial charge in [0.1, 0.15) is 11.4 Å². The Morgan fingerprint density at radius 3 is 2.48 bits per heavy atom. The van der Waals surface area contributed by atoms with Crippen LogP contribution in [0.4, 0.5) is 5.69 Å². The highest BCUT2D eigenvalue weighted by atomic mass is 16.5. The molecule has 0 spiro atoms. The van der Waals surface area contributed by atoms with Crippen molar-refractivity contribution in [2.24, 2.45) is 7.05 Å². The number of hydrogen-bond donors (Lipinski definition) is 3. The number of nitrogens with one attached hydrogen (secondary N) is 2. The van der Waals surface area contributed by atoms with Crippen molar-refractivity contribution in [2.75, 3.05) is 19.5 Å². The van der Waals surface area contributed by atoms with E-state index in [1.54, 1.807) is 19.2 Å². The number of benzene rings is 1. The molecule has 0 aliphatic rings. The summed E-state index contributed by atoms with van der Waals surface area (Å²) in [6.07, 6.45) is 0.819. The minimum absolute atomic E-state index is 0.0264. The highest BCUT2D eigenvalue weighted by Crippen LogP contribution is 2.26. The van der Waals surface area contributed by atoms with Gasteiger partial charge in [-0.3, -0.25) is 4.79 Å². The number of aromatic hydroxyl groups is 1. The molecule has 0 saturated heterocycles. The molecule has 0 unspecified atom stereocenters. The fourth-order valence-electron chi connectivity index (χ4n) is 2.36. The van der Waals surface area contributed by atoms with Crippen LogP contribution in [0.5, 0.6) is 11.5 Å². The summed E-state index contributed by atoms with van der Waals surface area (Å²) in [7, 11) is 4.06. The summed E-state index contributed by atoms with van der Waals surface area (Å²) in [6, 6.07) is 7.21. The quantitative estimate of drug-likeness (QED) is 0.540. The van der Waals surface area contributed by atoms with Crippen molar-refractivity contribution >= 4 is 17.9 Å². The fourth-order valence-corrected chi connectivity index (χ4v) is 2.36. The van der Waals surface area contributed by atoms with E-state index in [-0.39, 0.29) is 23.5 Å². The largest absolute Gasteiger partial charge is 0.505 e. The minimum Gasteiger partial charge on any atom is -0.505 e. The summed E-state index contributed by atoms with van der Waals surface area (Å²) in [5, 5.41) is 20.7. The van der Waals surface area contributed by atoms with Gasteiger partial charge in [0.2, 0.25) is 0 Å². The van der Waals surface area contributed by atoms with Crippen LogP contribution in [0.1, 0.15) is 21.6 Å². The summed E-state index contributed by atoms with van der Waals surface area (Å²) >= 11 is 0. The first-order valence-electron chi connectivity index (χ1n) is 7.36. The number of nitrogens with zero attached hydrogens (tertiary/aromatic N) is 1. The average Bonchev–Trinajstić information content (AvgIpc) is 2.63. The molecule has 0 radical (unpaired) electrons. The van der Waals surface area contributed by atoms with Crippen LogP contribution >= 0.6 is 0 Å². The molecule has 2 rings (SSSR count). The molecule has 0 amide bonds. The van der Waals surface area contributed by atoms with Crippen molar-refractivity contribution in [1.82, 2.24) is 4.57 Å². The zero-order chi connectivity index (χ0) is 18.6. The van der Waals surface area contributed by atoms with E-state index < -0.39 is 17.3 Å². The van der Waals surface area contributed by atoms with Gasteiger partial charge < -0.3 is 29.9 Å². The molecule has 2 aromatic rings. The Labute approximate surface area is 144 Å². The van der Waals surface area contributed by atoms with Crippen molar-refractivity contribution in [3.63, 3.8) is 0 Å². The van der Waals surface area contributed by atoms with Crippen molar-refractivity contribution in [1.29, 1.82) is 5.41 Å². The first kappa shape index (κ1) is 18.1. The molecule has 1 aromatic carbocycles. The molecule has 0 fully saturated rings. The standard InChI is InChI=1S/C17H19N3O5/c1-20-14(17(23)25-3)15(21)12(8-18)13(16(20)22)19-9-10-4-6-11(24-2)7-5-10/h4-8,18-19,21H,9H2,1-3H3. The molecule has 8 heteroatoms. The Kier molecular flexibility index (Phi) is 5.43. The number of esters is 1. The third kappa shape index (κ3) is 3.47. The van der Waals surface area contributed by atoms with E-state index in [4.69, 9.17) is 10.1 Å². The topological polar surface area (TPSA) is 114 Å². The Hall–Kier alpha value is -3.29. The van der Waals surface area contributed by atoms with Gasteiger partial charge in [-0.1, -0.05) is 12.1 Å². The summed E-state index contributed by atoms with van der Waals surface area (Å²) in [5.41, 5.74) is -0.0305. The molecule has 1 aromatic heterocycles. The highest BCUT2D eigenvalue weighted by molar-refractivity contribution is 5.98. The van der Waals surface area contributed by atoms with Crippen molar-refractivity contribution in [2.45, 2.75) is 6.54 Å². The van der Waals surface area contributed by atoms with Crippen LogP contribution in [0, 0.1) is 5.41 Å². The van der Waals surface area contributed by atoms with Crippen LogP contribution in [-0.4, -0.2) is 36.1 Å². The second-order valence-corrected chi connectivity index (χ2v) is 5.19. The van der Waals surface area contributed by atoms with Gasteiger partial charge in [0.15, 0.2) is 11.4 Å². The van der Waals surface area contributed by atoms with Gasteiger partial charge in [-0.15, -0.1) is 0 Å². The number of methoxy groups -OCH3 is 2. The number of ether oxygens (including phenoxy) is 2. The van der Waals surface area contributed by atoms with Gasteiger partial charge >= 0.3 is 5.97 Å². The number of hydrogen-bond acceptors (Lipinski definition) is 7. The molecule has 0 aliphatic carbocycles. The van der Waals surface area contributed by atoms with Gasteiger partial charge in [0.25, 0.3) is 5.56 Å². The van der Waals surface area contributed by atoms with Gasteiger partial charge in [0.05, 0.1) is 19.8 Å². The molecule has 25 heavy (non-hydrogen) atoms. The third-order valence-electron chi connectivity index (χ3n) is 3.75. The lowest BCUT2D eigenvalue weighted by molar-refractivity contribution is 0.0584. The molecular formula is C17H19N3O5. The first-order valence-corrected chi connectivity index (χ1v) is 7.36. The van der Waals surface area contributed by atoms with Gasteiger partial charge in [-0.25, -0.2) is 4.79 Å². The van der Waals surface area contributed by atoms with Gasteiger partial charge in [-0.2, -0.15) is 0 Å². The molecule has 8 nitrogen and oxygen atoms in total. The van der Waals surface area contributed by atoms with E-state index in [0.717, 1.165) is 23.5 Å². The van der Waals surface area contributed by atoms with E-state index in [1.165, 1.54) is 7.05 Å². The highest BCUT2D eigenvalue weighted by Gasteiger charge is 2.23. The summed E-state index contributed by atoms with van der Waals surface area (Å²) in [5.74, 6) is -0.636. The number of rotatable bonds is 6. The lowest BCUT2D eigenvalue weighted by Crippen LogP contribution is -2.28. The van der Waals surface area contributed by atoms with Crippen LogP contribution in [0.3, 0.4) is 0 Å². The molecule has 0 saturated carbocycles. The second kappa shape index (κ2) is 7.52. The number of carbonyl (C=O) groups excluding carboxylic acids is 1. The number of aromatic nitrogens is 1. The Morgan fingerprint density at radius 2 is 1.96 bits per heavy atom. The lowest BCUT2D eigenvalue weighted by Gasteiger charge is -2.16. The summed E-state index contributed by atoms with van der Waals surface area (Å²) in [4.78, 5) is 24.3. The van der Waals surface area contributed by atoms with E-state index in [0.29, 0.717) is 5.75 Å². The lowest BCUT2D eigenvalue weighted by atomic mass is 10.1. The Balaban J connectivity index is 2.41. The summed E-state index contributed by atoms with van der Waals surface area (Å²) in [6.45, 7) is 0.289. The third-order valence-corrected chi connectivity index (χ3v) is 3.75. The zero-order valence-corrected chi connectivity index (χ0v) is 14.1. The predicted molar refractivity (Wildman–Crippen MR) is 92.9 cm³/mol. The number of carbonyl (C=O) groups is 1. The summed E-state index contributed by atoms with van der Waals surface area (Å²) < 4.78 is 10.7. The molecule has 0 aliphatic heterocycles. The van der Waals surface area contributed by atoms with Crippen molar-refractivity contribution in [3.8, 4) is 11.5 Å². The van der Waals surface area contributed by atoms with E-state index in [2.05, 4.69) is 10.1 Å². The van der Waals surface area contributed by atoms with E-state index >= 15 is 0 Å². The molecular weight excluding hydrogens is 326 g/mol. The molecule has 1 heterocycles. The SMILES string of the molecule is COC(=O)c1c(O)c(C=N)c(NCc2ccc(OC)cc2)c(=O)n1C. The van der Waals surface area contributed by atoms with Gasteiger partial charge in [0, 0.05) is 19.8 Å². The molecule has 0 bridgehead atoms. The molecule has 132 valence electrons. The smallest absolute Gasteiger partial charge is 0.358 e. The normalized spacial score (nSPS) is 10.2. The van der Waals surface area contributed by atoms with Crippen LogP contribution in [-0.2, 0) is 18.3 Å². The predicted octanol–water partition coefficient (Wildman–Crippen LogP) is 1.50. The van der Waals surface area contributed by atoms with Crippen LogP contribution in [0.2, 0.25) is 0 Å². The maximum absolute atomic E-state index is 12.5. The zero-order valence-electron chi connectivity index (χ0n) is 14.1. The average molecular weight is 345 g/mol. The second-order valence-electron chi connectivity index (χ2n) is 5.19. The van der Waals surface area contributed by atoms with Crippen LogP contribution < -0.4 is 15.6 Å². The Morgan fingerprint density at radius 1 is 1.32 bits per heavy atom. The molecule has 3 N–H and O–H groups in total. The number of anilines is 1. The first-order chi connectivity index (χ1) is 11.9. The van der Waals surface area contributed by atoms with E-state index in [9.17, 15) is 14.7 Å². The molecule has 0 atom stereocenters. The maximum Gasteiger partial charge on any atom is 0.358 e. The maximum atomic E-state index is 12.5. The van der Waals surface area contributed by atoms with E-state index in [1.807, 2.05) is 12.1 Å².